The number of hydrogen-bond donors (Lipinski definition) is 0. The molecule has 172 valence electrons. The number of ether oxygens (including phenoxy) is 2. The number of benzene rings is 3. The normalized spacial score (nSPS) is 16.8. The van der Waals surface area contributed by atoms with Crippen LogP contribution in [0, 0.1) is 0 Å². The summed E-state index contributed by atoms with van der Waals surface area (Å²) in [7, 11) is 3.18. The van der Waals surface area contributed by atoms with Crippen molar-refractivity contribution in [2.45, 2.75) is 12.5 Å². The SMILES string of the molecule is COc1cc2c(cc1OC)C(c1ccccc1)N(C(=O)CN1C(=O)c3ccccc3C1=O)CC2. The molecular weight excluding hydrogens is 432 g/mol. The van der Waals surface area contributed by atoms with Crippen LogP contribution in [0.1, 0.15) is 43.4 Å². The van der Waals surface area contributed by atoms with Gasteiger partial charge in [-0.25, -0.2) is 0 Å². The Morgan fingerprint density at radius 1 is 0.882 bits per heavy atom. The van der Waals surface area contributed by atoms with Gasteiger partial charge in [0.05, 0.1) is 31.4 Å². The summed E-state index contributed by atoms with van der Waals surface area (Å²) in [6.45, 7) is 0.141. The van der Waals surface area contributed by atoms with Crippen LogP contribution in [0.25, 0.3) is 0 Å². The van der Waals surface area contributed by atoms with Crippen molar-refractivity contribution in [2.24, 2.45) is 0 Å². The molecule has 2 aliphatic rings. The van der Waals surface area contributed by atoms with E-state index in [1.165, 1.54) is 0 Å². The van der Waals surface area contributed by atoms with Crippen LogP contribution in [0.4, 0.5) is 0 Å². The minimum absolute atomic E-state index is 0.288. The number of nitrogens with zero attached hydrogens (tertiary/aromatic N) is 2. The smallest absolute Gasteiger partial charge is 0.262 e. The van der Waals surface area contributed by atoms with Gasteiger partial charge in [-0.3, -0.25) is 19.3 Å². The van der Waals surface area contributed by atoms with Crippen LogP contribution >= 0.6 is 0 Å². The van der Waals surface area contributed by atoms with Crippen molar-refractivity contribution in [2.75, 3.05) is 27.3 Å². The highest BCUT2D eigenvalue weighted by Gasteiger charge is 2.39. The number of methoxy groups -OCH3 is 2. The minimum atomic E-state index is -0.436. The second-order valence-corrected chi connectivity index (χ2v) is 8.30. The van der Waals surface area contributed by atoms with Gasteiger partial charge in [-0.05, 0) is 47.4 Å². The summed E-state index contributed by atoms with van der Waals surface area (Å²) >= 11 is 0. The molecule has 2 heterocycles. The molecule has 0 fully saturated rings. The fraction of sp³-hybridized carbons (Fsp3) is 0.222. The molecule has 0 saturated carbocycles. The van der Waals surface area contributed by atoms with Crippen molar-refractivity contribution < 1.29 is 23.9 Å². The van der Waals surface area contributed by atoms with Crippen molar-refractivity contribution in [3.05, 3.63) is 94.5 Å². The third-order valence-corrected chi connectivity index (χ3v) is 6.48. The Morgan fingerprint density at radius 3 is 2.09 bits per heavy atom. The van der Waals surface area contributed by atoms with Crippen LogP contribution in [0.5, 0.6) is 11.5 Å². The van der Waals surface area contributed by atoms with Gasteiger partial charge >= 0.3 is 0 Å². The van der Waals surface area contributed by atoms with Gasteiger partial charge in [-0.15, -0.1) is 0 Å². The van der Waals surface area contributed by atoms with E-state index in [4.69, 9.17) is 9.47 Å². The van der Waals surface area contributed by atoms with Gasteiger partial charge < -0.3 is 14.4 Å². The molecule has 0 radical (unpaired) electrons. The lowest BCUT2D eigenvalue weighted by Gasteiger charge is -2.38. The first-order valence-corrected chi connectivity index (χ1v) is 11.1. The van der Waals surface area contributed by atoms with E-state index >= 15 is 0 Å². The van der Waals surface area contributed by atoms with E-state index in [-0.39, 0.29) is 18.5 Å². The standard InChI is InChI=1S/C27H24N2O5/c1-33-22-14-18-12-13-28(25(17-8-4-3-5-9-17)21(18)15-23(22)34-2)24(30)16-29-26(31)19-10-6-7-11-20(19)27(29)32/h3-11,14-15,25H,12-13,16H2,1-2H3. The number of amides is 3. The summed E-state index contributed by atoms with van der Waals surface area (Å²) in [5, 5.41) is 0. The average molecular weight is 456 g/mol. The van der Waals surface area contributed by atoms with Crippen LogP contribution in [0.3, 0.4) is 0 Å². The number of carbonyl (C=O) groups is 3. The Morgan fingerprint density at radius 2 is 1.47 bits per heavy atom. The monoisotopic (exact) mass is 456 g/mol. The topological polar surface area (TPSA) is 76.2 Å². The lowest BCUT2D eigenvalue weighted by molar-refractivity contribution is -0.133. The predicted molar refractivity (Wildman–Crippen MR) is 125 cm³/mol. The molecular formula is C27H24N2O5. The summed E-state index contributed by atoms with van der Waals surface area (Å²) in [5.74, 6) is 0.0579. The molecule has 0 saturated heterocycles. The van der Waals surface area contributed by atoms with Crippen molar-refractivity contribution in [1.29, 1.82) is 0 Å². The molecule has 1 unspecified atom stereocenters. The maximum Gasteiger partial charge on any atom is 0.262 e. The Bertz CT molecular complexity index is 1250. The molecule has 3 aromatic carbocycles. The second-order valence-electron chi connectivity index (χ2n) is 8.30. The number of imide groups is 1. The third-order valence-electron chi connectivity index (χ3n) is 6.48. The highest BCUT2D eigenvalue weighted by molar-refractivity contribution is 6.22. The summed E-state index contributed by atoms with van der Waals surface area (Å²) in [5.41, 5.74) is 3.61. The van der Waals surface area contributed by atoms with Crippen molar-refractivity contribution in [3.8, 4) is 11.5 Å². The molecule has 0 spiro atoms. The first-order valence-electron chi connectivity index (χ1n) is 11.1. The first-order chi connectivity index (χ1) is 16.5. The number of carbonyl (C=O) groups excluding carboxylic acids is 3. The largest absolute Gasteiger partial charge is 0.493 e. The van der Waals surface area contributed by atoms with Crippen LogP contribution in [0.15, 0.2) is 66.7 Å². The molecule has 2 aliphatic heterocycles. The predicted octanol–water partition coefficient (Wildman–Crippen LogP) is 3.47. The van der Waals surface area contributed by atoms with Gasteiger partial charge in [0, 0.05) is 6.54 Å². The van der Waals surface area contributed by atoms with Crippen LogP contribution in [-0.2, 0) is 11.2 Å². The lowest BCUT2D eigenvalue weighted by Crippen LogP contribution is -2.47. The summed E-state index contributed by atoms with van der Waals surface area (Å²) in [4.78, 5) is 42.0. The zero-order chi connectivity index (χ0) is 23.8. The Labute approximate surface area is 197 Å². The zero-order valence-corrected chi connectivity index (χ0v) is 19.0. The molecule has 0 bridgehead atoms. The zero-order valence-electron chi connectivity index (χ0n) is 19.0. The van der Waals surface area contributed by atoms with E-state index in [2.05, 4.69) is 0 Å². The third kappa shape index (κ3) is 3.50. The van der Waals surface area contributed by atoms with Crippen LogP contribution < -0.4 is 9.47 Å². The Hall–Kier alpha value is -4.13. The van der Waals surface area contributed by atoms with Gasteiger partial charge in [-0.2, -0.15) is 0 Å². The number of hydrogen-bond acceptors (Lipinski definition) is 5. The lowest BCUT2D eigenvalue weighted by atomic mass is 9.87. The van der Waals surface area contributed by atoms with E-state index in [1.54, 1.807) is 43.4 Å². The van der Waals surface area contributed by atoms with Crippen molar-refractivity contribution >= 4 is 17.7 Å². The van der Waals surface area contributed by atoms with Crippen molar-refractivity contribution in [1.82, 2.24) is 9.80 Å². The molecule has 1 atom stereocenters. The molecule has 0 aromatic heterocycles. The first kappa shape index (κ1) is 21.7. The van der Waals surface area contributed by atoms with Gasteiger partial charge in [0.1, 0.15) is 6.54 Å². The summed E-state index contributed by atoms with van der Waals surface area (Å²) < 4.78 is 11.0. The second kappa shape index (κ2) is 8.67. The fourth-order valence-corrected chi connectivity index (χ4v) is 4.82. The van der Waals surface area contributed by atoms with E-state index in [0.29, 0.717) is 35.6 Å². The maximum absolute atomic E-state index is 13.6. The highest BCUT2D eigenvalue weighted by atomic mass is 16.5. The molecule has 3 aromatic rings. The Kier molecular flexibility index (Phi) is 5.53. The molecule has 34 heavy (non-hydrogen) atoms. The minimum Gasteiger partial charge on any atom is -0.493 e. The quantitative estimate of drug-likeness (QED) is 0.550. The number of fused-ring (bicyclic) bond motifs is 2. The molecule has 7 heteroatoms. The van der Waals surface area contributed by atoms with E-state index < -0.39 is 11.8 Å². The fourth-order valence-electron chi connectivity index (χ4n) is 4.82. The molecule has 5 rings (SSSR count). The number of rotatable bonds is 5. The van der Waals surface area contributed by atoms with Gasteiger partial charge in [0.25, 0.3) is 11.8 Å². The van der Waals surface area contributed by atoms with Crippen molar-refractivity contribution in [3.63, 3.8) is 0 Å². The van der Waals surface area contributed by atoms with Crippen LogP contribution in [-0.4, -0.2) is 54.8 Å². The molecule has 7 nitrogen and oxygen atoms in total. The average Bonchev–Trinajstić information content (AvgIpc) is 3.12. The van der Waals surface area contributed by atoms with E-state index in [0.717, 1.165) is 21.6 Å². The molecule has 0 N–H and O–H groups in total. The maximum atomic E-state index is 13.6. The highest BCUT2D eigenvalue weighted by Crippen LogP contribution is 2.41. The molecule has 3 amide bonds. The van der Waals surface area contributed by atoms with Crippen LogP contribution in [0.2, 0.25) is 0 Å². The van der Waals surface area contributed by atoms with Gasteiger partial charge in [-0.1, -0.05) is 42.5 Å². The van der Waals surface area contributed by atoms with E-state index in [1.807, 2.05) is 42.5 Å². The van der Waals surface area contributed by atoms with E-state index in [9.17, 15) is 14.4 Å². The Balaban J connectivity index is 1.51. The molecule has 0 aliphatic carbocycles. The summed E-state index contributed by atoms with van der Waals surface area (Å²) in [6.07, 6.45) is 0.618. The van der Waals surface area contributed by atoms with Gasteiger partial charge in [0.2, 0.25) is 5.91 Å². The van der Waals surface area contributed by atoms with Gasteiger partial charge in [0.15, 0.2) is 11.5 Å². The summed E-state index contributed by atoms with van der Waals surface area (Å²) in [6, 6.07) is 19.9.